The zero-order valence-corrected chi connectivity index (χ0v) is 16.1. The van der Waals surface area contributed by atoms with E-state index in [2.05, 4.69) is 21.8 Å². The third-order valence-corrected chi connectivity index (χ3v) is 5.55. The molecule has 1 N–H and O–H groups in total. The molecule has 0 saturated heterocycles. The van der Waals surface area contributed by atoms with Crippen LogP contribution in [-0.4, -0.2) is 39.2 Å². The molecule has 0 aliphatic carbocycles. The van der Waals surface area contributed by atoms with Gasteiger partial charge in [-0.3, -0.25) is 4.79 Å². The van der Waals surface area contributed by atoms with Crippen molar-refractivity contribution >= 4 is 15.8 Å². The second-order valence-electron chi connectivity index (χ2n) is 6.28. The van der Waals surface area contributed by atoms with E-state index in [1.54, 1.807) is 19.1 Å². The molecule has 0 heterocycles. The molecule has 0 aliphatic heterocycles. The summed E-state index contributed by atoms with van der Waals surface area (Å²) in [4.78, 5) is 14.0. The van der Waals surface area contributed by atoms with E-state index in [0.717, 1.165) is 13.1 Å². The van der Waals surface area contributed by atoms with Crippen molar-refractivity contribution in [2.24, 2.45) is 0 Å². The van der Waals surface area contributed by atoms with Crippen molar-refractivity contribution in [2.75, 3.05) is 20.1 Å². The van der Waals surface area contributed by atoms with Gasteiger partial charge in [-0.25, -0.2) is 13.1 Å². The van der Waals surface area contributed by atoms with Gasteiger partial charge in [0, 0.05) is 25.1 Å². The molecular weight excluding hydrogens is 348 g/mol. The summed E-state index contributed by atoms with van der Waals surface area (Å²) in [5.41, 5.74) is 1.66. The molecule has 0 fully saturated rings. The fourth-order valence-corrected chi connectivity index (χ4v) is 3.77. The number of sulfonamides is 1. The molecule has 5 nitrogen and oxygen atoms in total. The summed E-state index contributed by atoms with van der Waals surface area (Å²) in [6.45, 7) is 3.72. The first-order chi connectivity index (χ1) is 12.4. The number of Topliss-reactive ketones (excluding diaryl/α,β-unsaturated/α-hetero) is 1. The minimum absolute atomic E-state index is 0.0652. The number of hydrogen-bond donors (Lipinski definition) is 1. The molecule has 6 heteroatoms. The van der Waals surface area contributed by atoms with E-state index in [4.69, 9.17) is 0 Å². The van der Waals surface area contributed by atoms with E-state index in [0.29, 0.717) is 24.9 Å². The van der Waals surface area contributed by atoms with Crippen LogP contribution >= 0.6 is 0 Å². The topological polar surface area (TPSA) is 66.5 Å². The third-order valence-electron chi connectivity index (χ3n) is 4.09. The highest BCUT2D eigenvalue weighted by Crippen LogP contribution is 2.13. The normalized spacial score (nSPS) is 11.7. The van der Waals surface area contributed by atoms with Gasteiger partial charge < -0.3 is 4.90 Å². The standard InChI is InChI=1S/C20H26N2O3S/c1-3-20(23)18-11-7-12-19(15-18)26(24,25)21-13-8-14-22(2)16-17-9-5-4-6-10-17/h4-7,9-12,15,21H,3,8,13-14,16H2,1-2H3. The summed E-state index contributed by atoms with van der Waals surface area (Å²) < 4.78 is 27.4. The van der Waals surface area contributed by atoms with Gasteiger partial charge in [0.2, 0.25) is 10.0 Å². The molecule has 26 heavy (non-hydrogen) atoms. The summed E-state index contributed by atoms with van der Waals surface area (Å²) in [5, 5.41) is 0. The Balaban J connectivity index is 1.84. The van der Waals surface area contributed by atoms with Crippen molar-refractivity contribution in [3.8, 4) is 0 Å². The monoisotopic (exact) mass is 374 g/mol. The number of rotatable bonds is 10. The first kappa shape index (κ1) is 20.3. The van der Waals surface area contributed by atoms with Crippen molar-refractivity contribution in [1.29, 1.82) is 0 Å². The fourth-order valence-electron chi connectivity index (χ4n) is 2.65. The molecular formula is C20H26N2O3S. The lowest BCUT2D eigenvalue weighted by Gasteiger charge is -2.16. The number of carbonyl (C=O) groups is 1. The van der Waals surface area contributed by atoms with Crippen LogP contribution in [0.2, 0.25) is 0 Å². The number of ketones is 1. The minimum Gasteiger partial charge on any atom is -0.302 e. The van der Waals surface area contributed by atoms with E-state index in [-0.39, 0.29) is 10.7 Å². The molecule has 140 valence electrons. The molecule has 0 atom stereocenters. The predicted molar refractivity (Wildman–Crippen MR) is 104 cm³/mol. The Bertz CT molecular complexity index is 820. The van der Waals surface area contributed by atoms with Gasteiger partial charge in [-0.05, 0) is 37.7 Å². The molecule has 0 amide bonds. The minimum atomic E-state index is -3.60. The largest absolute Gasteiger partial charge is 0.302 e. The summed E-state index contributed by atoms with van der Waals surface area (Å²) in [6, 6.07) is 16.3. The van der Waals surface area contributed by atoms with E-state index in [1.165, 1.54) is 17.7 Å². The molecule has 0 bridgehead atoms. The quantitative estimate of drug-likeness (QED) is 0.513. The fraction of sp³-hybridized carbons (Fsp3) is 0.350. The lowest BCUT2D eigenvalue weighted by atomic mass is 10.1. The summed E-state index contributed by atoms with van der Waals surface area (Å²) >= 11 is 0. The molecule has 0 unspecified atom stereocenters. The van der Waals surface area contributed by atoms with Gasteiger partial charge in [-0.2, -0.15) is 0 Å². The van der Waals surface area contributed by atoms with Gasteiger partial charge in [-0.1, -0.05) is 49.4 Å². The second kappa shape index (κ2) is 9.62. The Morgan fingerprint density at radius 2 is 1.81 bits per heavy atom. The highest BCUT2D eigenvalue weighted by molar-refractivity contribution is 7.89. The number of nitrogens with one attached hydrogen (secondary N) is 1. The Morgan fingerprint density at radius 1 is 1.08 bits per heavy atom. The highest BCUT2D eigenvalue weighted by Gasteiger charge is 2.15. The Morgan fingerprint density at radius 3 is 2.50 bits per heavy atom. The Labute approximate surface area is 156 Å². The lowest BCUT2D eigenvalue weighted by Crippen LogP contribution is -2.28. The van der Waals surface area contributed by atoms with Crippen molar-refractivity contribution < 1.29 is 13.2 Å². The molecule has 0 radical (unpaired) electrons. The average molecular weight is 375 g/mol. The second-order valence-corrected chi connectivity index (χ2v) is 8.05. The van der Waals surface area contributed by atoms with Gasteiger partial charge in [0.05, 0.1) is 4.90 Å². The van der Waals surface area contributed by atoms with Crippen LogP contribution in [0.1, 0.15) is 35.7 Å². The molecule has 0 saturated carbocycles. The first-order valence-electron chi connectivity index (χ1n) is 8.78. The zero-order valence-electron chi connectivity index (χ0n) is 15.3. The maximum atomic E-state index is 12.4. The molecule has 0 aromatic heterocycles. The first-order valence-corrected chi connectivity index (χ1v) is 10.3. The number of hydrogen-bond acceptors (Lipinski definition) is 4. The van der Waals surface area contributed by atoms with Gasteiger partial charge in [0.1, 0.15) is 0 Å². The summed E-state index contributed by atoms with van der Waals surface area (Å²) in [7, 11) is -1.59. The molecule has 2 rings (SSSR count). The Hall–Kier alpha value is -2.02. The zero-order chi connectivity index (χ0) is 19.0. The van der Waals surface area contributed by atoms with Crippen LogP contribution in [0.15, 0.2) is 59.5 Å². The van der Waals surface area contributed by atoms with Crippen molar-refractivity contribution in [1.82, 2.24) is 9.62 Å². The van der Waals surface area contributed by atoms with E-state index in [9.17, 15) is 13.2 Å². The summed E-state index contributed by atoms with van der Waals surface area (Å²) in [6.07, 6.45) is 1.06. The van der Waals surface area contributed by atoms with Crippen molar-refractivity contribution in [3.05, 3.63) is 65.7 Å². The molecule has 0 aliphatic rings. The predicted octanol–water partition coefficient (Wildman–Crippen LogP) is 3.08. The van der Waals surface area contributed by atoms with Crippen LogP contribution in [0.3, 0.4) is 0 Å². The van der Waals surface area contributed by atoms with Gasteiger partial charge in [-0.15, -0.1) is 0 Å². The smallest absolute Gasteiger partial charge is 0.240 e. The van der Waals surface area contributed by atoms with E-state index in [1.807, 2.05) is 25.2 Å². The van der Waals surface area contributed by atoms with Gasteiger partial charge >= 0.3 is 0 Å². The van der Waals surface area contributed by atoms with Gasteiger partial charge in [0.15, 0.2) is 5.78 Å². The average Bonchev–Trinajstić information content (AvgIpc) is 2.65. The van der Waals surface area contributed by atoms with E-state index >= 15 is 0 Å². The molecule has 2 aromatic rings. The molecule has 0 spiro atoms. The van der Waals surface area contributed by atoms with Crippen LogP contribution in [0.4, 0.5) is 0 Å². The highest BCUT2D eigenvalue weighted by atomic mass is 32.2. The maximum absolute atomic E-state index is 12.4. The van der Waals surface area contributed by atoms with Crippen LogP contribution in [0.25, 0.3) is 0 Å². The van der Waals surface area contributed by atoms with Gasteiger partial charge in [0.25, 0.3) is 0 Å². The van der Waals surface area contributed by atoms with Crippen LogP contribution in [0.5, 0.6) is 0 Å². The van der Waals surface area contributed by atoms with Crippen LogP contribution in [0, 0.1) is 0 Å². The van der Waals surface area contributed by atoms with Crippen molar-refractivity contribution in [2.45, 2.75) is 31.2 Å². The lowest BCUT2D eigenvalue weighted by molar-refractivity contribution is 0.0988. The Kier molecular flexibility index (Phi) is 7.50. The molecule has 2 aromatic carbocycles. The van der Waals surface area contributed by atoms with Crippen LogP contribution in [-0.2, 0) is 16.6 Å². The van der Waals surface area contributed by atoms with Crippen LogP contribution < -0.4 is 4.72 Å². The van der Waals surface area contributed by atoms with E-state index < -0.39 is 10.0 Å². The maximum Gasteiger partial charge on any atom is 0.240 e. The van der Waals surface area contributed by atoms with Crippen molar-refractivity contribution in [3.63, 3.8) is 0 Å². The summed E-state index contributed by atoms with van der Waals surface area (Å²) in [5.74, 6) is -0.0652. The number of carbonyl (C=O) groups excluding carboxylic acids is 1. The number of nitrogens with zero attached hydrogens (tertiary/aromatic N) is 1. The third kappa shape index (κ3) is 6.05. The SMILES string of the molecule is CCC(=O)c1cccc(S(=O)(=O)NCCCN(C)Cc2ccccc2)c1. The number of benzene rings is 2.